The maximum absolute atomic E-state index is 13.7. The molecule has 0 radical (unpaired) electrons. The molecule has 0 aliphatic carbocycles. The van der Waals surface area contributed by atoms with E-state index in [1.807, 2.05) is 28.5 Å². The molecular formula is C52H55BrF6N16O4. The van der Waals surface area contributed by atoms with Gasteiger partial charge in [-0.1, -0.05) is 15.9 Å². The molecule has 0 spiro atoms. The second-order valence-electron chi connectivity index (χ2n) is 19.1. The van der Waals surface area contributed by atoms with Crippen LogP contribution in [0.2, 0.25) is 0 Å². The van der Waals surface area contributed by atoms with Crippen LogP contribution in [-0.4, -0.2) is 132 Å². The van der Waals surface area contributed by atoms with Gasteiger partial charge in [-0.2, -0.15) is 26.3 Å². The normalized spacial score (nSPS) is 15.9. The second-order valence-corrected chi connectivity index (χ2v) is 19.7. The molecule has 416 valence electrons. The van der Waals surface area contributed by atoms with Crippen LogP contribution in [0, 0.1) is 13.8 Å². The van der Waals surface area contributed by atoms with Gasteiger partial charge in [0.15, 0.2) is 11.3 Å². The molecule has 1 N–H and O–H groups in total. The molecule has 2 aliphatic rings. The Morgan fingerprint density at radius 3 is 1.53 bits per heavy atom. The van der Waals surface area contributed by atoms with Gasteiger partial charge in [0, 0.05) is 132 Å². The van der Waals surface area contributed by atoms with Crippen LogP contribution >= 0.6 is 15.9 Å². The molecule has 8 aromatic heterocycles. The van der Waals surface area contributed by atoms with Gasteiger partial charge in [0.2, 0.25) is 23.7 Å². The summed E-state index contributed by atoms with van der Waals surface area (Å²) in [7, 11) is 3.14. The maximum atomic E-state index is 13.7. The number of aromatic nitrogens is 12. The van der Waals surface area contributed by atoms with Gasteiger partial charge in [-0.15, -0.1) is 0 Å². The van der Waals surface area contributed by atoms with Crippen molar-refractivity contribution in [1.82, 2.24) is 68.8 Å². The Labute approximate surface area is 456 Å². The van der Waals surface area contributed by atoms with Gasteiger partial charge in [-0.25, -0.2) is 29.9 Å². The van der Waals surface area contributed by atoms with Crippen molar-refractivity contribution in [2.45, 2.75) is 77.9 Å². The Hall–Kier alpha value is -8.10. The van der Waals surface area contributed by atoms with E-state index in [9.17, 15) is 45.5 Å². The van der Waals surface area contributed by atoms with E-state index in [4.69, 9.17) is 0 Å². The zero-order chi connectivity index (χ0) is 57.2. The SMILES string of the molecule is CC(=O)N1CCN(c2ncc(-c3ccc4c(=O)n(C)[nH]c4n3)cn2)C[C@H]1C.CC(=O)N1CCN(c2ncc(-c3ccc4c(=O)n(C)n(Cc5nc(C)ccc5C(F)(F)F)c4n3)cn2)C[C@H]1C.Cc1ccc(C(F)(F)F)c(CBr)n1. The number of aromatic amines is 1. The highest BCUT2D eigenvalue weighted by atomic mass is 79.9. The highest BCUT2D eigenvalue weighted by molar-refractivity contribution is 9.08. The van der Waals surface area contributed by atoms with E-state index in [-0.39, 0.29) is 69.3 Å². The third-order valence-electron chi connectivity index (χ3n) is 13.5. The van der Waals surface area contributed by atoms with Gasteiger partial charge in [-0.05, 0) is 76.2 Å². The molecule has 2 saturated heterocycles. The van der Waals surface area contributed by atoms with Crippen LogP contribution in [0.1, 0.15) is 61.6 Å². The molecule has 2 aliphatic heterocycles. The van der Waals surface area contributed by atoms with Crippen LogP contribution in [0.15, 0.2) is 82.9 Å². The molecule has 2 atom stereocenters. The number of aryl methyl sites for hydroxylation is 3. The number of fused-ring (bicyclic) bond motifs is 2. The van der Waals surface area contributed by atoms with Crippen LogP contribution < -0.4 is 20.9 Å². The van der Waals surface area contributed by atoms with Gasteiger partial charge in [0.25, 0.3) is 11.1 Å². The number of rotatable bonds is 7. The van der Waals surface area contributed by atoms with Crippen molar-refractivity contribution in [2.24, 2.45) is 14.1 Å². The van der Waals surface area contributed by atoms with Crippen molar-refractivity contribution in [3.05, 3.63) is 128 Å². The van der Waals surface area contributed by atoms with E-state index in [0.717, 1.165) is 17.7 Å². The first-order valence-electron chi connectivity index (χ1n) is 24.8. The summed E-state index contributed by atoms with van der Waals surface area (Å²) < 4.78 is 81.9. The number of piperazine rings is 2. The van der Waals surface area contributed by atoms with Crippen LogP contribution in [-0.2, 0) is 47.9 Å². The molecule has 0 bridgehead atoms. The lowest BCUT2D eigenvalue weighted by Gasteiger charge is -2.39. The average molecular weight is 1160 g/mol. The van der Waals surface area contributed by atoms with E-state index in [0.29, 0.717) is 90.5 Å². The number of carbonyl (C=O) groups excluding carboxylic acids is 2. The second kappa shape index (κ2) is 23.1. The predicted molar refractivity (Wildman–Crippen MR) is 286 cm³/mol. The number of H-pyrrole nitrogens is 1. The molecule has 20 nitrogen and oxygen atoms in total. The molecule has 27 heteroatoms. The molecule has 2 amide bonds. The summed E-state index contributed by atoms with van der Waals surface area (Å²) in [6.45, 7) is 14.0. The summed E-state index contributed by atoms with van der Waals surface area (Å²) in [4.78, 5) is 90.9. The Morgan fingerprint density at radius 1 is 0.620 bits per heavy atom. The van der Waals surface area contributed by atoms with E-state index in [1.54, 1.807) is 83.8 Å². The molecular weight excluding hydrogens is 1110 g/mol. The monoisotopic (exact) mass is 1160 g/mol. The lowest BCUT2D eigenvalue weighted by molar-refractivity contribution is -0.139. The van der Waals surface area contributed by atoms with Crippen LogP contribution in [0.4, 0.5) is 38.2 Å². The largest absolute Gasteiger partial charge is 0.418 e. The average Bonchev–Trinajstić information content (AvgIpc) is 3.90. The number of hydrogen-bond donors (Lipinski definition) is 1. The molecule has 0 unspecified atom stereocenters. The molecule has 10 rings (SSSR count). The lowest BCUT2D eigenvalue weighted by Crippen LogP contribution is -2.53. The van der Waals surface area contributed by atoms with Gasteiger partial charge < -0.3 is 19.6 Å². The summed E-state index contributed by atoms with van der Waals surface area (Å²) in [5, 5.41) is 3.87. The van der Waals surface area contributed by atoms with Crippen molar-refractivity contribution in [2.75, 3.05) is 49.1 Å². The van der Waals surface area contributed by atoms with E-state index in [2.05, 4.69) is 65.8 Å². The van der Waals surface area contributed by atoms with Crippen molar-refractivity contribution in [3.63, 3.8) is 0 Å². The first-order chi connectivity index (χ1) is 37.3. The summed E-state index contributed by atoms with van der Waals surface area (Å²) in [5.41, 5.74) is 2.15. The predicted octanol–water partition coefficient (Wildman–Crippen LogP) is 7.10. The van der Waals surface area contributed by atoms with Gasteiger partial charge in [0.05, 0.1) is 51.2 Å². The van der Waals surface area contributed by atoms with Crippen LogP contribution in [0.25, 0.3) is 44.6 Å². The number of nitrogens with zero attached hydrogens (tertiary/aromatic N) is 15. The van der Waals surface area contributed by atoms with Crippen molar-refractivity contribution >= 4 is 61.7 Å². The number of amides is 2. The Morgan fingerprint density at radius 2 is 1.08 bits per heavy atom. The minimum Gasteiger partial charge on any atom is -0.337 e. The van der Waals surface area contributed by atoms with Crippen molar-refractivity contribution in [3.8, 4) is 22.5 Å². The minimum atomic E-state index is -4.59. The van der Waals surface area contributed by atoms with E-state index in [1.165, 1.54) is 33.2 Å². The standard InChI is InChI=1S/C26H27F3N8O2.C18H21N7O2.C8H7BrF3N/c1-15-5-7-20(26(27,28)29)22(32-15)14-37-23-19(24(39)34(37)4)6-8-21(33-23)18-11-30-25(31-12-18)35-9-10-36(17(3)38)16(2)13-35;1-11-10-24(6-7-25(11)12(2)26)18-19-8-13(9-20-18)15-5-4-14-16(21-15)22-23(3)17(14)27;1-5-2-3-6(8(10,11)12)7(4-9)13-5/h5-8,11-12,16H,9-10,13-14H2,1-4H3;4-5,8-9,11H,6-7,10H2,1-3H3,(H,21,22);2-3H,4H2,1H3/t16-;11-;/m11./s1. The molecule has 10 heterocycles. The topological polar surface area (TPSA) is 215 Å². The zero-order valence-electron chi connectivity index (χ0n) is 44.2. The minimum absolute atomic E-state index is 0.0270. The number of halogens is 7. The third kappa shape index (κ3) is 12.6. The smallest absolute Gasteiger partial charge is 0.337 e. The third-order valence-corrected chi connectivity index (χ3v) is 14.0. The maximum Gasteiger partial charge on any atom is 0.418 e. The van der Waals surface area contributed by atoms with Crippen molar-refractivity contribution < 1.29 is 35.9 Å². The highest BCUT2D eigenvalue weighted by Crippen LogP contribution is 2.34. The highest BCUT2D eigenvalue weighted by Gasteiger charge is 2.36. The fraction of sp³-hybridized carbons (Fsp3) is 0.385. The fourth-order valence-corrected chi connectivity index (χ4v) is 9.82. The van der Waals surface area contributed by atoms with Gasteiger partial charge in [0.1, 0.15) is 0 Å². The molecule has 2 fully saturated rings. The number of nitrogens with one attached hydrogen (secondary N) is 1. The molecule has 0 saturated carbocycles. The summed E-state index contributed by atoms with van der Waals surface area (Å²) >= 11 is 2.97. The quantitative estimate of drug-likeness (QED) is 0.125. The molecule has 0 aromatic carbocycles. The first-order valence-corrected chi connectivity index (χ1v) is 25.9. The zero-order valence-corrected chi connectivity index (χ0v) is 45.8. The number of pyridine rings is 4. The summed E-state index contributed by atoms with van der Waals surface area (Å²) in [6.07, 6.45) is -2.20. The molecule has 79 heavy (non-hydrogen) atoms. The van der Waals surface area contributed by atoms with Crippen LogP contribution in [0.5, 0.6) is 0 Å². The van der Waals surface area contributed by atoms with E-state index < -0.39 is 23.5 Å². The van der Waals surface area contributed by atoms with Gasteiger partial charge >= 0.3 is 12.4 Å². The number of hydrogen-bond acceptors (Lipinski definition) is 14. The number of carbonyl (C=O) groups is 2. The lowest BCUT2D eigenvalue weighted by atomic mass is 10.1. The Balaban J connectivity index is 0.000000177. The Bertz CT molecular complexity index is 3660. The number of alkyl halides is 7. The number of anilines is 2. The summed E-state index contributed by atoms with van der Waals surface area (Å²) in [5.74, 6) is 1.30. The van der Waals surface area contributed by atoms with Crippen molar-refractivity contribution in [1.29, 1.82) is 0 Å². The first kappa shape index (κ1) is 57.1. The van der Waals surface area contributed by atoms with E-state index >= 15 is 0 Å². The van der Waals surface area contributed by atoms with Crippen LogP contribution in [0.3, 0.4) is 0 Å². The fourth-order valence-electron chi connectivity index (χ4n) is 9.40. The van der Waals surface area contributed by atoms with Gasteiger partial charge in [-0.3, -0.25) is 48.3 Å². The molecule has 8 aromatic rings. The Kier molecular flexibility index (Phi) is 16.7. The summed E-state index contributed by atoms with van der Waals surface area (Å²) in [6, 6.07) is 11.7.